The minimum atomic E-state index is -2.98. The standard InChI is InChI=1S/C25H27F3O/c1-3-5-6-8-22-23(29-25(27)28)16-20-15-19(13-14-21(20)24(22)26)18-11-9-17(7-4-2)10-12-18/h9-16,25H,3-8H2,1-2H3. The van der Waals surface area contributed by atoms with Crippen LogP contribution in [-0.2, 0) is 12.8 Å². The van der Waals surface area contributed by atoms with E-state index in [-0.39, 0.29) is 11.3 Å². The molecule has 0 atom stereocenters. The minimum Gasteiger partial charge on any atom is -0.434 e. The van der Waals surface area contributed by atoms with Gasteiger partial charge in [-0.1, -0.05) is 69.5 Å². The maximum Gasteiger partial charge on any atom is 0.387 e. The Morgan fingerprint density at radius 2 is 1.55 bits per heavy atom. The molecule has 29 heavy (non-hydrogen) atoms. The number of rotatable bonds is 9. The van der Waals surface area contributed by atoms with Gasteiger partial charge < -0.3 is 4.74 Å². The monoisotopic (exact) mass is 400 g/mol. The highest BCUT2D eigenvalue weighted by atomic mass is 19.3. The average Bonchev–Trinajstić information content (AvgIpc) is 2.70. The van der Waals surface area contributed by atoms with E-state index in [1.807, 2.05) is 31.2 Å². The van der Waals surface area contributed by atoms with E-state index in [1.54, 1.807) is 12.1 Å². The van der Waals surface area contributed by atoms with Crippen molar-refractivity contribution >= 4 is 10.8 Å². The van der Waals surface area contributed by atoms with E-state index in [2.05, 4.69) is 23.8 Å². The second-order valence-corrected chi connectivity index (χ2v) is 7.39. The van der Waals surface area contributed by atoms with E-state index in [0.717, 1.165) is 43.2 Å². The van der Waals surface area contributed by atoms with Crippen LogP contribution in [0.5, 0.6) is 5.75 Å². The molecule has 0 aliphatic carbocycles. The number of ether oxygens (including phenoxy) is 1. The normalized spacial score (nSPS) is 11.4. The Hall–Kier alpha value is -2.49. The van der Waals surface area contributed by atoms with Gasteiger partial charge >= 0.3 is 6.61 Å². The summed E-state index contributed by atoms with van der Waals surface area (Å²) in [5.41, 5.74) is 3.44. The first-order chi connectivity index (χ1) is 14.0. The fourth-order valence-corrected chi connectivity index (χ4v) is 3.70. The second-order valence-electron chi connectivity index (χ2n) is 7.39. The minimum absolute atomic E-state index is 0.0588. The van der Waals surface area contributed by atoms with Gasteiger partial charge in [0.25, 0.3) is 0 Å². The predicted molar refractivity (Wildman–Crippen MR) is 113 cm³/mol. The maximum absolute atomic E-state index is 15.2. The van der Waals surface area contributed by atoms with Gasteiger partial charge in [0.05, 0.1) is 0 Å². The number of hydrogen-bond donors (Lipinski definition) is 0. The molecular formula is C25H27F3O. The molecular weight excluding hydrogens is 373 g/mol. The topological polar surface area (TPSA) is 9.23 Å². The Kier molecular flexibility index (Phi) is 7.18. The Morgan fingerprint density at radius 1 is 0.828 bits per heavy atom. The molecule has 0 aromatic heterocycles. The van der Waals surface area contributed by atoms with Crippen LogP contribution in [0.25, 0.3) is 21.9 Å². The third kappa shape index (κ3) is 5.11. The Bertz CT molecular complexity index is 948. The fraction of sp³-hybridized carbons (Fsp3) is 0.360. The van der Waals surface area contributed by atoms with Crippen LogP contribution in [0, 0.1) is 5.82 Å². The molecule has 0 saturated carbocycles. The number of benzene rings is 3. The fourth-order valence-electron chi connectivity index (χ4n) is 3.70. The SMILES string of the molecule is CCCCCc1c(OC(F)F)cc2cc(-c3ccc(CCC)cc3)ccc2c1F. The second kappa shape index (κ2) is 9.82. The van der Waals surface area contributed by atoms with Gasteiger partial charge in [-0.2, -0.15) is 8.78 Å². The molecule has 0 radical (unpaired) electrons. The van der Waals surface area contributed by atoms with Crippen LogP contribution in [0.3, 0.4) is 0 Å². The van der Waals surface area contributed by atoms with Crippen LogP contribution in [0.2, 0.25) is 0 Å². The van der Waals surface area contributed by atoms with Crippen LogP contribution in [-0.4, -0.2) is 6.61 Å². The average molecular weight is 400 g/mol. The van der Waals surface area contributed by atoms with Crippen molar-refractivity contribution < 1.29 is 17.9 Å². The quantitative estimate of drug-likeness (QED) is 0.331. The van der Waals surface area contributed by atoms with Crippen molar-refractivity contribution in [1.82, 2.24) is 0 Å². The van der Waals surface area contributed by atoms with Crippen molar-refractivity contribution in [2.24, 2.45) is 0 Å². The van der Waals surface area contributed by atoms with E-state index < -0.39 is 12.4 Å². The lowest BCUT2D eigenvalue weighted by molar-refractivity contribution is -0.0505. The lowest BCUT2D eigenvalue weighted by Crippen LogP contribution is -2.06. The van der Waals surface area contributed by atoms with Crippen molar-refractivity contribution in [1.29, 1.82) is 0 Å². The number of halogens is 3. The Morgan fingerprint density at radius 3 is 2.21 bits per heavy atom. The van der Waals surface area contributed by atoms with Crippen molar-refractivity contribution in [2.75, 3.05) is 0 Å². The molecule has 0 amide bonds. The smallest absolute Gasteiger partial charge is 0.387 e. The van der Waals surface area contributed by atoms with Gasteiger partial charge in [0.15, 0.2) is 0 Å². The molecule has 0 heterocycles. The molecule has 0 N–H and O–H groups in total. The van der Waals surface area contributed by atoms with Crippen LogP contribution in [0.4, 0.5) is 13.2 Å². The van der Waals surface area contributed by atoms with Gasteiger partial charge in [0.2, 0.25) is 0 Å². The highest BCUT2D eigenvalue weighted by Crippen LogP contribution is 2.34. The summed E-state index contributed by atoms with van der Waals surface area (Å²) in [5, 5.41) is 0.997. The Balaban J connectivity index is 2.01. The van der Waals surface area contributed by atoms with Gasteiger partial charge in [-0.25, -0.2) is 4.39 Å². The molecule has 3 aromatic carbocycles. The zero-order chi connectivity index (χ0) is 20.8. The lowest BCUT2D eigenvalue weighted by Gasteiger charge is -2.15. The van der Waals surface area contributed by atoms with E-state index in [4.69, 9.17) is 0 Å². The van der Waals surface area contributed by atoms with Gasteiger partial charge in [-0.15, -0.1) is 0 Å². The molecule has 0 spiro atoms. The molecule has 3 aromatic rings. The van der Waals surface area contributed by atoms with E-state index in [0.29, 0.717) is 17.2 Å². The summed E-state index contributed by atoms with van der Waals surface area (Å²) >= 11 is 0. The van der Waals surface area contributed by atoms with E-state index >= 15 is 4.39 Å². The molecule has 0 unspecified atom stereocenters. The largest absolute Gasteiger partial charge is 0.434 e. The summed E-state index contributed by atoms with van der Waals surface area (Å²) in [6, 6.07) is 15.2. The summed E-state index contributed by atoms with van der Waals surface area (Å²) < 4.78 is 45.7. The molecule has 0 fully saturated rings. The lowest BCUT2D eigenvalue weighted by atomic mass is 9.96. The molecule has 0 aliphatic heterocycles. The molecule has 4 heteroatoms. The van der Waals surface area contributed by atoms with Crippen LogP contribution in [0.15, 0.2) is 48.5 Å². The number of alkyl halides is 2. The third-order valence-corrected chi connectivity index (χ3v) is 5.21. The predicted octanol–water partition coefficient (Wildman–Crippen LogP) is 7.93. The van der Waals surface area contributed by atoms with Crippen LogP contribution < -0.4 is 4.74 Å². The maximum atomic E-state index is 15.2. The Labute approximate surface area is 170 Å². The van der Waals surface area contributed by atoms with Gasteiger partial charge in [-0.05, 0) is 53.5 Å². The van der Waals surface area contributed by atoms with Crippen molar-refractivity contribution in [3.05, 3.63) is 65.5 Å². The molecule has 3 rings (SSSR count). The molecule has 0 aliphatic rings. The summed E-state index contributed by atoms with van der Waals surface area (Å²) in [4.78, 5) is 0. The van der Waals surface area contributed by atoms with Crippen LogP contribution >= 0.6 is 0 Å². The zero-order valence-corrected chi connectivity index (χ0v) is 17.0. The van der Waals surface area contributed by atoms with Gasteiger partial charge in [-0.3, -0.25) is 0 Å². The number of fused-ring (bicyclic) bond motifs is 1. The summed E-state index contributed by atoms with van der Waals surface area (Å²) in [5.74, 6) is -0.518. The first-order valence-corrected chi connectivity index (χ1v) is 10.3. The zero-order valence-electron chi connectivity index (χ0n) is 17.0. The van der Waals surface area contributed by atoms with E-state index in [9.17, 15) is 8.78 Å². The van der Waals surface area contributed by atoms with Gasteiger partial charge in [0, 0.05) is 10.9 Å². The number of aryl methyl sites for hydroxylation is 1. The van der Waals surface area contributed by atoms with Crippen molar-refractivity contribution in [3.63, 3.8) is 0 Å². The summed E-state index contributed by atoms with van der Waals surface area (Å²) in [6.45, 7) is 1.21. The van der Waals surface area contributed by atoms with Crippen molar-refractivity contribution in [3.8, 4) is 16.9 Å². The number of unbranched alkanes of at least 4 members (excludes halogenated alkanes) is 2. The molecule has 154 valence electrons. The molecule has 0 saturated heterocycles. The van der Waals surface area contributed by atoms with E-state index in [1.165, 1.54) is 5.56 Å². The molecule has 1 nitrogen and oxygen atoms in total. The van der Waals surface area contributed by atoms with Crippen molar-refractivity contribution in [2.45, 2.75) is 59.0 Å². The number of hydrogen-bond acceptors (Lipinski definition) is 1. The first-order valence-electron chi connectivity index (χ1n) is 10.3. The highest BCUT2D eigenvalue weighted by Gasteiger charge is 2.18. The summed E-state index contributed by atoms with van der Waals surface area (Å²) in [6.07, 6.45) is 5.12. The third-order valence-electron chi connectivity index (χ3n) is 5.21. The summed E-state index contributed by atoms with van der Waals surface area (Å²) in [7, 11) is 0. The highest BCUT2D eigenvalue weighted by molar-refractivity contribution is 5.90. The van der Waals surface area contributed by atoms with Crippen LogP contribution in [0.1, 0.15) is 50.7 Å². The first kappa shape index (κ1) is 21.2. The van der Waals surface area contributed by atoms with Gasteiger partial charge in [0.1, 0.15) is 11.6 Å². The molecule has 0 bridgehead atoms.